The summed E-state index contributed by atoms with van der Waals surface area (Å²) in [4.78, 5) is 10.2. The van der Waals surface area contributed by atoms with Crippen molar-refractivity contribution in [1.29, 1.82) is 0 Å². The lowest BCUT2D eigenvalue weighted by Gasteiger charge is -2.07. The van der Waals surface area contributed by atoms with Crippen LogP contribution in [0.15, 0.2) is 18.2 Å². The first-order valence-electron chi connectivity index (χ1n) is 4.28. The summed E-state index contributed by atoms with van der Waals surface area (Å²) in [5.41, 5.74) is 0.413. The fourth-order valence-electron chi connectivity index (χ4n) is 1.08. The van der Waals surface area contributed by atoms with E-state index in [4.69, 9.17) is 5.11 Å². The Kier molecular flexibility index (Phi) is 3.48. The number of aliphatic carboxylic acids is 1. The van der Waals surface area contributed by atoms with Crippen molar-refractivity contribution in [3.63, 3.8) is 0 Å². The zero-order chi connectivity index (χ0) is 12.3. The highest BCUT2D eigenvalue weighted by Gasteiger charge is 2.17. The molecule has 0 fully saturated rings. The molecule has 1 rings (SSSR count). The van der Waals surface area contributed by atoms with Crippen LogP contribution in [-0.2, 0) is 14.8 Å². The zero-order valence-corrected chi connectivity index (χ0v) is 9.21. The Hall–Kier alpha value is -1.63. The van der Waals surface area contributed by atoms with Crippen molar-refractivity contribution in [3.05, 3.63) is 29.6 Å². The van der Waals surface area contributed by atoms with Crippen molar-refractivity contribution in [2.24, 2.45) is 0 Å². The van der Waals surface area contributed by atoms with Crippen molar-refractivity contribution in [1.82, 2.24) is 0 Å². The summed E-state index contributed by atoms with van der Waals surface area (Å²) in [6.07, 6.45) is 0. The number of aryl methyl sites for hydroxylation is 1. The minimum atomic E-state index is -4.06. The van der Waals surface area contributed by atoms with Crippen molar-refractivity contribution < 1.29 is 22.7 Å². The molecule has 0 aromatic heterocycles. The van der Waals surface area contributed by atoms with Crippen LogP contribution < -0.4 is 4.72 Å². The van der Waals surface area contributed by atoms with E-state index in [0.29, 0.717) is 5.56 Å². The van der Waals surface area contributed by atoms with Gasteiger partial charge in [0.15, 0.2) is 5.75 Å². The number of nitrogens with one attached hydrogen (secondary N) is 1. The van der Waals surface area contributed by atoms with Crippen LogP contribution in [0.3, 0.4) is 0 Å². The summed E-state index contributed by atoms with van der Waals surface area (Å²) in [6.45, 7) is 1.66. The van der Waals surface area contributed by atoms with Gasteiger partial charge >= 0.3 is 5.97 Å². The predicted molar refractivity (Wildman–Crippen MR) is 56.2 cm³/mol. The number of hydrogen-bond donors (Lipinski definition) is 2. The number of carbonyl (C=O) groups is 1. The molecule has 88 valence electrons. The second kappa shape index (κ2) is 4.48. The van der Waals surface area contributed by atoms with Gasteiger partial charge in [-0.3, -0.25) is 9.52 Å². The Morgan fingerprint density at radius 2 is 2.12 bits per heavy atom. The van der Waals surface area contributed by atoms with Crippen molar-refractivity contribution in [2.75, 3.05) is 10.5 Å². The molecule has 0 amide bonds. The van der Waals surface area contributed by atoms with Gasteiger partial charge < -0.3 is 5.11 Å². The van der Waals surface area contributed by atoms with Gasteiger partial charge in [0.25, 0.3) is 0 Å². The normalized spacial score (nSPS) is 11.1. The maximum Gasteiger partial charge on any atom is 0.320 e. The summed E-state index contributed by atoms with van der Waals surface area (Å²) in [5, 5.41) is 8.34. The lowest BCUT2D eigenvalue weighted by molar-refractivity contribution is -0.134. The number of hydrogen-bond acceptors (Lipinski definition) is 3. The molecule has 7 heteroatoms. The fraction of sp³-hybridized carbons (Fsp3) is 0.222. The van der Waals surface area contributed by atoms with Crippen LogP contribution in [-0.4, -0.2) is 25.2 Å². The van der Waals surface area contributed by atoms with Gasteiger partial charge in [-0.25, -0.2) is 12.8 Å². The molecule has 5 nitrogen and oxygen atoms in total. The third kappa shape index (κ3) is 3.50. The molecule has 0 heterocycles. The topological polar surface area (TPSA) is 83.5 Å². The van der Waals surface area contributed by atoms with E-state index in [9.17, 15) is 17.6 Å². The van der Waals surface area contributed by atoms with Crippen molar-refractivity contribution >= 4 is 21.7 Å². The van der Waals surface area contributed by atoms with E-state index >= 15 is 0 Å². The van der Waals surface area contributed by atoms with Crippen molar-refractivity contribution in [2.45, 2.75) is 6.92 Å². The van der Waals surface area contributed by atoms with Crippen LogP contribution in [0.1, 0.15) is 5.56 Å². The third-order valence-electron chi connectivity index (χ3n) is 1.70. The number of halogens is 1. The predicted octanol–water partition coefficient (Wildman–Crippen LogP) is 0.960. The molecule has 0 spiro atoms. The quantitative estimate of drug-likeness (QED) is 0.830. The van der Waals surface area contributed by atoms with Gasteiger partial charge in [-0.1, -0.05) is 6.07 Å². The van der Waals surface area contributed by atoms with E-state index in [1.807, 2.05) is 4.72 Å². The maximum atomic E-state index is 13.2. The average molecular weight is 247 g/mol. The lowest BCUT2D eigenvalue weighted by atomic mass is 10.2. The highest BCUT2D eigenvalue weighted by atomic mass is 32.2. The SMILES string of the molecule is Cc1ccc(F)c(NS(=O)(=O)CC(=O)O)c1. The van der Waals surface area contributed by atoms with E-state index < -0.39 is 27.6 Å². The Balaban J connectivity index is 2.96. The van der Waals surface area contributed by atoms with Crippen LogP contribution in [0.2, 0.25) is 0 Å². The maximum absolute atomic E-state index is 13.2. The Morgan fingerprint density at radius 3 is 2.69 bits per heavy atom. The molecule has 0 saturated heterocycles. The number of anilines is 1. The molecule has 0 unspecified atom stereocenters. The molecule has 1 aromatic rings. The van der Waals surface area contributed by atoms with Gasteiger partial charge in [-0.2, -0.15) is 0 Å². The summed E-state index contributed by atoms with van der Waals surface area (Å²) in [7, 11) is -4.06. The summed E-state index contributed by atoms with van der Waals surface area (Å²) >= 11 is 0. The highest BCUT2D eigenvalue weighted by molar-refractivity contribution is 7.93. The number of carboxylic acids is 1. The second-order valence-electron chi connectivity index (χ2n) is 3.24. The molecular weight excluding hydrogens is 237 g/mol. The lowest BCUT2D eigenvalue weighted by Crippen LogP contribution is -2.22. The Bertz CT molecular complexity index is 512. The fourth-order valence-corrected chi connectivity index (χ4v) is 1.97. The highest BCUT2D eigenvalue weighted by Crippen LogP contribution is 2.16. The first kappa shape index (κ1) is 12.4. The molecule has 0 atom stereocenters. The van der Waals surface area contributed by atoms with Crippen molar-refractivity contribution in [3.8, 4) is 0 Å². The molecule has 1 aromatic carbocycles. The number of benzene rings is 1. The van der Waals surface area contributed by atoms with Gasteiger partial charge in [0, 0.05) is 0 Å². The molecule has 2 N–H and O–H groups in total. The monoisotopic (exact) mass is 247 g/mol. The molecule has 0 radical (unpaired) electrons. The van der Waals surface area contributed by atoms with Gasteiger partial charge in [-0.15, -0.1) is 0 Å². The molecule has 0 aliphatic heterocycles. The minimum Gasteiger partial charge on any atom is -0.480 e. The van der Waals surface area contributed by atoms with Gasteiger partial charge in [0.2, 0.25) is 10.0 Å². The number of sulfonamides is 1. The number of rotatable bonds is 4. The Morgan fingerprint density at radius 1 is 1.50 bits per heavy atom. The van der Waals surface area contributed by atoms with Crippen LogP contribution in [0.25, 0.3) is 0 Å². The van der Waals surface area contributed by atoms with E-state index in [2.05, 4.69) is 0 Å². The van der Waals surface area contributed by atoms with E-state index in [-0.39, 0.29) is 5.69 Å². The van der Waals surface area contributed by atoms with Gasteiger partial charge in [-0.05, 0) is 24.6 Å². The molecule has 0 aliphatic rings. The molecule has 0 saturated carbocycles. The van der Waals surface area contributed by atoms with Crippen LogP contribution >= 0.6 is 0 Å². The average Bonchev–Trinajstić information content (AvgIpc) is 2.08. The molecule has 0 bridgehead atoms. The summed E-state index contributed by atoms with van der Waals surface area (Å²) < 4.78 is 37.5. The first-order valence-corrected chi connectivity index (χ1v) is 5.94. The Labute approximate surface area is 92.0 Å². The zero-order valence-electron chi connectivity index (χ0n) is 8.40. The van der Waals surface area contributed by atoms with Gasteiger partial charge in [0.1, 0.15) is 5.82 Å². The number of carboxylic acid groups (broad SMARTS) is 1. The molecule has 16 heavy (non-hydrogen) atoms. The molecule has 0 aliphatic carbocycles. The third-order valence-corrected chi connectivity index (χ3v) is 2.86. The molecular formula is C9H10FNO4S. The van der Waals surface area contributed by atoms with Crippen LogP contribution in [0.5, 0.6) is 0 Å². The summed E-state index contributed by atoms with van der Waals surface area (Å²) in [6, 6.07) is 3.87. The van der Waals surface area contributed by atoms with E-state index in [1.54, 1.807) is 6.92 Å². The summed E-state index contributed by atoms with van der Waals surface area (Å²) in [5.74, 6) is -3.35. The largest absolute Gasteiger partial charge is 0.480 e. The minimum absolute atomic E-state index is 0.249. The van der Waals surface area contributed by atoms with Crippen LogP contribution in [0.4, 0.5) is 10.1 Å². The second-order valence-corrected chi connectivity index (χ2v) is 4.96. The van der Waals surface area contributed by atoms with E-state index in [1.165, 1.54) is 12.1 Å². The van der Waals surface area contributed by atoms with Gasteiger partial charge in [0.05, 0.1) is 5.69 Å². The smallest absolute Gasteiger partial charge is 0.320 e. The standard InChI is InChI=1S/C9H10FNO4S/c1-6-2-3-7(10)8(4-6)11-16(14,15)5-9(12)13/h2-4,11H,5H2,1H3,(H,12,13). The first-order chi connectivity index (χ1) is 7.30. The van der Waals surface area contributed by atoms with Crippen LogP contribution in [0, 0.1) is 12.7 Å². The van der Waals surface area contributed by atoms with E-state index in [0.717, 1.165) is 6.07 Å².